The molecule has 1 unspecified atom stereocenters. The van der Waals surface area contributed by atoms with Gasteiger partial charge in [-0.2, -0.15) is 0 Å². The van der Waals surface area contributed by atoms with Crippen LogP contribution in [0.3, 0.4) is 0 Å². The minimum absolute atomic E-state index is 0.0498. The van der Waals surface area contributed by atoms with E-state index in [2.05, 4.69) is 5.32 Å². The monoisotopic (exact) mass is 236 g/mol. The molecule has 0 spiro atoms. The number of rotatable bonds is 3. The highest BCUT2D eigenvalue weighted by molar-refractivity contribution is 5.95. The summed E-state index contributed by atoms with van der Waals surface area (Å²) in [6.07, 6.45) is 0. The molecular formula is C12H13FN2O2. The number of carbonyl (C=O) groups excluding carboxylic acids is 2. The first-order valence-electron chi connectivity index (χ1n) is 5.42. The van der Waals surface area contributed by atoms with Gasteiger partial charge in [-0.25, -0.2) is 4.39 Å². The van der Waals surface area contributed by atoms with Gasteiger partial charge in [0.2, 0.25) is 11.8 Å². The zero-order chi connectivity index (χ0) is 12.3. The van der Waals surface area contributed by atoms with Crippen LogP contribution in [0.2, 0.25) is 0 Å². The standard InChI is InChI=1S/C12H13FN2O2/c13-6-7-15-10(16)8-14-12(17)11(15)9-4-2-1-3-5-9/h1-5,11H,6-8H2,(H,14,17). The van der Waals surface area contributed by atoms with Crippen LogP contribution in [-0.2, 0) is 9.59 Å². The highest BCUT2D eigenvalue weighted by atomic mass is 19.1. The van der Waals surface area contributed by atoms with Crippen molar-refractivity contribution < 1.29 is 14.0 Å². The molecule has 1 aliphatic heterocycles. The Balaban J connectivity index is 2.32. The molecule has 1 saturated heterocycles. The van der Waals surface area contributed by atoms with Crippen molar-refractivity contribution >= 4 is 11.8 Å². The van der Waals surface area contributed by atoms with E-state index in [1.807, 2.05) is 6.07 Å². The van der Waals surface area contributed by atoms with Gasteiger partial charge in [0.1, 0.15) is 12.7 Å². The predicted molar refractivity (Wildman–Crippen MR) is 59.9 cm³/mol. The molecule has 0 aliphatic carbocycles. The molecule has 0 radical (unpaired) electrons. The van der Waals surface area contributed by atoms with Gasteiger partial charge in [0.15, 0.2) is 0 Å². The third-order valence-corrected chi connectivity index (χ3v) is 2.73. The molecule has 1 aliphatic rings. The molecule has 0 bridgehead atoms. The zero-order valence-corrected chi connectivity index (χ0v) is 9.23. The summed E-state index contributed by atoms with van der Waals surface area (Å²) in [7, 11) is 0. The molecule has 1 aromatic rings. The number of hydrogen-bond donors (Lipinski definition) is 1. The maximum Gasteiger partial charge on any atom is 0.247 e. The Morgan fingerprint density at radius 1 is 1.29 bits per heavy atom. The number of hydrogen-bond acceptors (Lipinski definition) is 2. The van der Waals surface area contributed by atoms with Gasteiger partial charge in [0, 0.05) is 0 Å². The third kappa shape index (κ3) is 2.27. The summed E-state index contributed by atoms with van der Waals surface area (Å²) >= 11 is 0. The Morgan fingerprint density at radius 3 is 2.65 bits per heavy atom. The summed E-state index contributed by atoms with van der Waals surface area (Å²) < 4.78 is 12.4. The van der Waals surface area contributed by atoms with E-state index in [0.29, 0.717) is 5.56 Å². The second-order valence-electron chi connectivity index (χ2n) is 3.81. The Hall–Kier alpha value is -1.91. The van der Waals surface area contributed by atoms with Crippen molar-refractivity contribution in [2.75, 3.05) is 19.8 Å². The topological polar surface area (TPSA) is 49.4 Å². The van der Waals surface area contributed by atoms with Crippen molar-refractivity contribution in [3.63, 3.8) is 0 Å². The molecule has 4 nitrogen and oxygen atoms in total. The first-order valence-corrected chi connectivity index (χ1v) is 5.42. The lowest BCUT2D eigenvalue weighted by Gasteiger charge is -2.34. The van der Waals surface area contributed by atoms with Crippen LogP contribution in [0.4, 0.5) is 4.39 Å². The van der Waals surface area contributed by atoms with Crippen molar-refractivity contribution in [1.29, 1.82) is 0 Å². The molecule has 1 heterocycles. The van der Waals surface area contributed by atoms with Gasteiger partial charge in [-0.1, -0.05) is 30.3 Å². The number of carbonyl (C=O) groups is 2. The van der Waals surface area contributed by atoms with Crippen molar-refractivity contribution in [2.24, 2.45) is 0 Å². The SMILES string of the molecule is O=C1NCC(=O)N(CCF)C1c1ccccc1. The van der Waals surface area contributed by atoms with Gasteiger partial charge >= 0.3 is 0 Å². The molecule has 0 saturated carbocycles. The summed E-state index contributed by atoms with van der Waals surface area (Å²) in [5.41, 5.74) is 0.700. The maximum absolute atomic E-state index is 12.4. The number of piperazine rings is 1. The lowest BCUT2D eigenvalue weighted by atomic mass is 10.0. The summed E-state index contributed by atoms with van der Waals surface area (Å²) in [5.74, 6) is -0.514. The Labute approximate surface area is 98.4 Å². The van der Waals surface area contributed by atoms with Gasteiger partial charge in [-0.05, 0) is 5.56 Å². The quantitative estimate of drug-likeness (QED) is 0.838. The third-order valence-electron chi connectivity index (χ3n) is 2.73. The minimum Gasteiger partial charge on any atom is -0.345 e. The molecule has 5 heteroatoms. The van der Waals surface area contributed by atoms with Crippen LogP contribution in [0.25, 0.3) is 0 Å². The largest absolute Gasteiger partial charge is 0.345 e. The van der Waals surface area contributed by atoms with E-state index in [0.717, 1.165) is 0 Å². The fourth-order valence-corrected chi connectivity index (χ4v) is 1.96. The number of benzene rings is 1. The van der Waals surface area contributed by atoms with Crippen LogP contribution in [-0.4, -0.2) is 36.5 Å². The molecule has 2 rings (SSSR count). The maximum atomic E-state index is 12.4. The molecular weight excluding hydrogens is 223 g/mol. The lowest BCUT2D eigenvalue weighted by Crippen LogP contribution is -2.54. The molecule has 17 heavy (non-hydrogen) atoms. The molecule has 1 fully saturated rings. The Kier molecular flexibility index (Phi) is 3.37. The van der Waals surface area contributed by atoms with Crippen LogP contribution in [0, 0.1) is 0 Å². The van der Waals surface area contributed by atoms with E-state index in [4.69, 9.17) is 0 Å². The molecule has 2 amide bonds. The van der Waals surface area contributed by atoms with Gasteiger partial charge < -0.3 is 10.2 Å². The van der Waals surface area contributed by atoms with Gasteiger partial charge in [0.05, 0.1) is 13.1 Å². The van der Waals surface area contributed by atoms with Crippen LogP contribution < -0.4 is 5.32 Å². The molecule has 1 N–H and O–H groups in total. The van der Waals surface area contributed by atoms with E-state index < -0.39 is 12.7 Å². The molecule has 90 valence electrons. The second-order valence-corrected chi connectivity index (χ2v) is 3.81. The lowest BCUT2D eigenvalue weighted by molar-refractivity contribution is -0.146. The molecule has 0 aromatic heterocycles. The van der Waals surface area contributed by atoms with Gasteiger partial charge in [-0.15, -0.1) is 0 Å². The fourth-order valence-electron chi connectivity index (χ4n) is 1.96. The van der Waals surface area contributed by atoms with E-state index in [1.54, 1.807) is 24.3 Å². The fraction of sp³-hybridized carbons (Fsp3) is 0.333. The van der Waals surface area contributed by atoms with Crippen molar-refractivity contribution in [2.45, 2.75) is 6.04 Å². The number of nitrogens with one attached hydrogen (secondary N) is 1. The van der Waals surface area contributed by atoms with Gasteiger partial charge in [0.25, 0.3) is 0 Å². The van der Waals surface area contributed by atoms with Crippen molar-refractivity contribution in [3.8, 4) is 0 Å². The summed E-state index contributed by atoms with van der Waals surface area (Å²) in [6, 6.07) is 8.20. The number of amides is 2. The molecule has 1 aromatic carbocycles. The normalized spacial score (nSPS) is 20.3. The van der Waals surface area contributed by atoms with E-state index in [9.17, 15) is 14.0 Å². The summed E-state index contributed by atoms with van der Waals surface area (Å²) in [5, 5.41) is 2.52. The van der Waals surface area contributed by atoms with Crippen LogP contribution in [0.15, 0.2) is 30.3 Å². The Morgan fingerprint density at radius 2 is 2.00 bits per heavy atom. The van der Waals surface area contributed by atoms with Gasteiger partial charge in [-0.3, -0.25) is 9.59 Å². The van der Waals surface area contributed by atoms with Crippen molar-refractivity contribution in [1.82, 2.24) is 10.2 Å². The number of alkyl halides is 1. The smallest absolute Gasteiger partial charge is 0.247 e. The highest BCUT2D eigenvalue weighted by Gasteiger charge is 2.34. The van der Waals surface area contributed by atoms with E-state index in [-0.39, 0.29) is 24.9 Å². The van der Waals surface area contributed by atoms with E-state index in [1.165, 1.54) is 4.90 Å². The average Bonchev–Trinajstić information content (AvgIpc) is 2.35. The molecule has 1 atom stereocenters. The zero-order valence-electron chi connectivity index (χ0n) is 9.23. The van der Waals surface area contributed by atoms with Crippen molar-refractivity contribution in [3.05, 3.63) is 35.9 Å². The predicted octanol–water partition coefficient (Wildman–Crippen LogP) is 0.656. The van der Waals surface area contributed by atoms with Crippen LogP contribution >= 0.6 is 0 Å². The van der Waals surface area contributed by atoms with Crippen LogP contribution in [0.1, 0.15) is 11.6 Å². The number of halogens is 1. The summed E-state index contributed by atoms with van der Waals surface area (Å²) in [4.78, 5) is 24.7. The summed E-state index contributed by atoms with van der Waals surface area (Å²) in [6.45, 7) is -0.754. The van der Waals surface area contributed by atoms with Crippen LogP contribution in [0.5, 0.6) is 0 Å². The minimum atomic E-state index is -0.715. The number of nitrogens with zero attached hydrogens (tertiary/aromatic N) is 1. The first kappa shape index (κ1) is 11.6. The Bertz CT molecular complexity index is 422. The average molecular weight is 236 g/mol. The first-order chi connectivity index (χ1) is 8.24. The highest BCUT2D eigenvalue weighted by Crippen LogP contribution is 2.23. The van der Waals surface area contributed by atoms with E-state index >= 15 is 0 Å². The second kappa shape index (κ2) is 4.95.